The molecule has 120 valence electrons. The number of hydrogen-bond donors (Lipinski definition) is 1. The molecule has 0 fully saturated rings. The minimum absolute atomic E-state index is 0.210. The number of benzene rings is 1. The Balaban J connectivity index is 1.70. The number of anilines is 1. The number of nitrogens with zero attached hydrogens (tertiary/aromatic N) is 5. The van der Waals surface area contributed by atoms with Gasteiger partial charge in [0.1, 0.15) is 11.0 Å². The van der Waals surface area contributed by atoms with Crippen molar-refractivity contribution in [1.29, 1.82) is 0 Å². The Hall–Kier alpha value is -2.61. The van der Waals surface area contributed by atoms with Crippen LogP contribution in [0.3, 0.4) is 0 Å². The molecule has 0 saturated heterocycles. The average Bonchev–Trinajstić information content (AvgIpc) is 3.01. The number of aryl methyl sites for hydroxylation is 2. The summed E-state index contributed by atoms with van der Waals surface area (Å²) in [5, 5.41) is 15.3. The summed E-state index contributed by atoms with van der Waals surface area (Å²) in [5.41, 5.74) is 3.53. The highest BCUT2D eigenvalue weighted by atomic mass is 35.5. The summed E-state index contributed by atoms with van der Waals surface area (Å²) in [4.78, 5) is 18.6. The molecule has 0 aliphatic heterocycles. The lowest BCUT2D eigenvalue weighted by atomic mass is 10.3. The molecule has 0 unspecified atom stereocenters. The standard InChI is InChI=1S/C14H15ClN6O2/c1-8-14(9(2)20(3)18-8)16-13(22)7-23-21-12-6-10(15)4-5-11(12)17-19-21/h4-6H,7H2,1-3H3,(H,16,22). The number of rotatable bonds is 4. The summed E-state index contributed by atoms with van der Waals surface area (Å²) in [5.74, 6) is -0.310. The molecule has 0 atom stereocenters. The van der Waals surface area contributed by atoms with Crippen LogP contribution in [0, 0.1) is 13.8 Å². The molecule has 1 aromatic carbocycles. The zero-order valence-electron chi connectivity index (χ0n) is 12.9. The van der Waals surface area contributed by atoms with Gasteiger partial charge in [0.05, 0.1) is 17.1 Å². The third-order valence-electron chi connectivity index (χ3n) is 3.47. The van der Waals surface area contributed by atoms with Crippen LogP contribution in [0.5, 0.6) is 0 Å². The van der Waals surface area contributed by atoms with Gasteiger partial charge < -0.3 is 10.2 Å². The topological polar surface area (TPSA) is 86.9 Å². The van der Waals surface area contributed by atoms with Crippen LogP contribution in [0.25, 0.3) is 11.0 Å². The van der Waals surface area contributed by atoms with Crippen molar-refractivity contribution in [2.75, 3.05) is 11.9 Å². The number of fused-ring (bicyclic) bond motifs is 1. The molecular weight excluding hydrogens is 320 g/mol. The zero-order valence-corrected chi connectivity index (χ0v) is 13.6. The first kappa shape index (κ1) is 15.3. The van der Waals surface area contributed by atoms with Crippen LogP contribution in [0.15, 0.2) is 18.2 Å². The van der Waals surface area contributed by atoms with E-state index in [0.29, 0.717) is 21.7 Å². The van der Waals surface area contributed by atoms with Gasteiger partial charge in [-0.15, -0.1) is 5.10 Å². The van der Waals surface area contributed by atoms with E-state index >= 15 is 0 Å². The van der Waals surface area contributed by atoms with Crippen LogP contribution in [-0.4, -0.2) is 37.5 Å². The van der Waals surface area contributed by atoms with Crippen molar-refractivity contribution in [3.05, 3.63) is 34.6 Å². The highest BCUT2D eigenvalue weighted by Gasteiger charge is 2.14. The van der Waals surface area contributed by atoms with Gasteiger partial charge in [0.2, 0.25) is 0 Å². The van der Waals surface area contributed by atoms with Gasteiger partial charge in [-0.1, -0.05) is 16.4 Å². The molecule has 23 heavy (non-hydrogen) atoms. The second-order valence-corrected chi connectivity index (χ2v) is 5.52. The fourth-order valence-electron chi connectivity index (χ4n) is 2.22. The first-order valence-electron chi connectivity index (χ1n) is 6.90. The second-order valence-electron chi connectivity index (χ2n) is 5.09. The summed E-state index contributed by atoms with van der Waals surface area (Å²) in [6, 6.07) is 5.11. The van der Waals surface area contributed by atoms with E-state index < -0.39 is 0 Å². The van der Waals surface area contributed by atoms with E-state index in [-0.39, 0.29) is 12.5 Å². The van der Waals surface area contributed by atoms with E-state index in [9.17, 15) is 4.79 Å². The van der Waals surface area contributed by atoms with Crippen molar-refractivity contribution in [3.63, 3.8) is 0 Å². The first-order chi connectivity index (χ1) is 11.0. The molecule has 2 heterocycles. The lowest BCUT2D eigenvalue weighted by molar-refractivity contribution is -0.121. The van der Waals surface area contributed by atoms with Crippen LogP contribution in [-0.2, 0) is 11.8 Å². The highest BCUT2D eigenvalue weighted by Crippen LogP contribution is 2.18. The first-order valence-corrected chi connectivity index (χ1v) is 7.28. The average molecular weight is 335 g/mol. The van der Waals surface area contributed by atoms with Gasteiger partial charge in [0.15, 0.2) is 6.61 Å². The van der Waals surface area contributed by atoms with Crippen molar-refractivity contribution < 1.29 is 9.63 Å². The molecule has 0 radical (unpaired) electrons. The van der Waals surface area contributed by atoms with Crippen LogP contribution >= 0.6 is 11.6 Å². The minimum atomic E-state index is -0.310. The third-order valence-corrected chi connectivity index (χ3v) is 3.70. The SMILES string of the molecule is Cc1nn(C)c(C)c1NC(=O)COn1nnc2ccc(Cl)cc21. The van der Waals surface area contributed by atoms with Gasteiger partial charge in [0.25, 0.3) is 5.91 Å². The maximum Gasteiger partial charge on any atom is 0.265 e. The van der Waals surface area contributed by atoms with Gasteiger partial charge >= 0.3 is 0 Å². The Morgan fingerprint density at radius 2 is 2.17 bits per heavy atom. The van der Waals surface area contributed by atoms with Crippen LogP contribution < -0.4 is 10.2 Å². The maximum atomic E-state index is 12.1. The van der Waals surface area contributed by atoms with E-state index in [4.69, 9.17) is 16.4 Å². The van der Waals surface area contributed by atoms with Crippen molar-refractivity contribution in [3.8, 4) is 0 Å². The quantitative estimate of drug-likeness (QED) is 0.781. The van der Waals surface area contributed by atoms with Crippen LogP contribution in [0.1, 0.15) is 11.4 Å². The predicted octanol–water partition coefficient (Wildman–Crippen LogP) is 1.50. The molecule has 0 aliphatic rings. The molecule has 1 N–H and O–H groups in total. The lowest BCUT2D eigenvalue weighted by Gasteiger charge is -2.07. The molecule has 8 nitrogen and oxygen atoms in total. The summed E-state index contributed by atoms with van der Waals surface area (Å²) in [6.07, 6.45) is 0. The number of aromatic nitrogens is 5. The van der Waals surface area contributed by atoms with Crippen molar-refractivity contribution in [2.45, 2.75) is 13.8 Å². The molecule has 0 spiro atoms. The molecule has 0 bridgehead atoms. The van der Waals surface area contributed by atoms with Gasteiger partial charge in [-0.3, -0.25) is 9.48 Å². The highest BCUT2D eigenvalue weighted by molar-refractivity contribution is 6.31. The molecule has 2 aromatic heterocycles. The Morgan fingerprint density at radius 1 is 1.39 bits per heavy atom. The maximum absolute atomic E-state index is 12.1. The van der Waals surface area contributed by atoms with Gasteiger partial charge in [0, 0.05) is 12.1 Å². The molecular formula is C14H15ClN6O2. The Labute approximate surface area is 136 Å². The molecule has 9 heteroatoms. The monoisotopic (exact) mass is 334 g/mol. The van der Waals surface area contributed by atoms with E-state index in [0.717, 1.165) is 11.4 Å². The second kappa shape index (κ2) is 5.88. The number of hydrogen-bond acceptors (Lipinski definition) is 5. The number of carbonyl (C=O) groups is 1. The van der Waals surface area contributed by atoms with Crippen molar-refractivity contribution >= 4 is 34.2 Å². The summed E-state index contributed by atoms with van der Waals surface area (Å²) in [7, 11) is 1.82. The van der Waals surface area contributed by atoms with E-state index in [1.807, 2.05) is 20.9 Å². The van der Waals surface area contributed by atoms with Crippen LogP contribution in [0.4, 0.5) is 5.69 Å². The molecule has 0 aliphatic carbocycles. The summed E-state index contributed by atoms with van der Waals surface area (Å²) in [6.45, 7) is 3.50. The molecule has 1 amide bonds. The normalized spacial score (nSPS) is 11.0. The number of halogens is 1. The largest absolute Gasteiger partial charge is 0.385 e. The predicted molar refractivity (Wildman–Crippen MR) is 85.3 cm³/mol. The smallest absolute Gasteiger partial charge is 0.265 e. The zero-order chi connectivity index (χ0) is 16.6. The molecule has 0 saturated carbocycles. The van der Waals surface area contributed by atoms with Crippen molar-refractivity contribution in [2.24, 2.45) is 7.05 Å². The molecule has 3 rings (SSSR count). The minimum Gasteiger partial charge on any atom is -0.385 e. The Kier molecular flexibility index (Phi) is 3.91. The number of nitrogens with one attached hydrogen (secondary N) is 1. The lowest BCUT2D eigenvalue weighted by Crippen LogP contribution is -2.26. The number of carbonyl (C=O) groups excluding carboxylic acids is 1. The van der Waals surface area contributed by atoms with E-state index in [1.165, 1.54) is 4.85 Å². The van der Waals surface area contributed by atoms with E-state index in [1.54, 1.807) is 22.9 Å². The van der Waals surface area contributed by atoms with Gasteiger partial charge in [-0.2, -0.15) is 5.10 Å². The molecule has 3 aromatic rings. The number of amides is 1. The summed E-state index contributed by atoms with van der Waals surface area (Å²) >= 11 is 5.94. The van der Waals surface area contributed by atoms with Gasteiger partial charge in [-0.05, 0) is 37.3 Å². The third kappa shape index (κ3) is 2.98. The van der Waals surface area contributed by atoms with E-state index in [2.05, 4.69) is 20.7 Å². The van der Waals surface area contributed by atoms with Crippen molar-refractivity contribution in [1.82, 2.24) is 24.9 Å². The fraction of sp³-hybridized carbons (Fsp3) is 0.286. The van der Waals surface area contributed by atoms with Crippen LogP contribution in [0.2, 0.25) is 5.02 Å². The van der Waals surface area contributed by atoms with Gasteiger partial charge in [-0.25, -0.2) is 0 Å². The Morgan fingerprint density at radius 3 is 2.87 bits per heavy atom. The fourth-order valence-corrected chi connectivity index (χ4v) is 2.38. The summed E-state index contributed by atoms with van der Waals surface area (Å²) < 4.78 is 1.71. The Bertz CT molecular complexity index is 885.